The Balaban J connectivity index is 1.97. The van der Waals surface area contributed by atoms with E-state index in [4.69, 9.17) is 0 Å². The Bertz CT molecular complexity index is 496. The number of nitrogens with one attached hydrogen (secondary N) is 2. The largest absolute Gasteiger partial charge is 0.336 e. The lowest BCUT2D eigenvalue weighted by Gasteiger charge is -2.18. The topological polar surface area (TPSA) is 61.4 Å². The van der Waals surface area contributed by atoms with Crippen LogP contribution in [0.2, 0.25) is 0 Å². The number of anilines is 1. The van der Waals surface area contributed by atoms with Gasteiger partial charge in [0.05, 0.1) is 6.04 Å². The number of aryl methyl sites for hydroxylation is 1. The van der Waals surface area contributed by atoms with E-state index in [0.717, 1.165) is 11.3 Å². The third kappa shape index (κ3) is 3.50. The van der Waals surface area contributed by atoms with E-state index in [1.165, 1.54) is 0 Å². The molecule has 1 saturated heterocycles. The summed E-state index contributed by atoms with van der Waals surface area (Å²) >= 11 is 0. The molecule has 1 heterocycles. The van der Waals surface area contributed by atoms with Crippen LogP contribution in [-0.2, 0) is 4.79 Å². The van der Waals surface area contributed by atoms with Crippen molar-refractivity contribution < 1.29 is 9.59 Å². The molecule has 5 nitrogen and oxygen atoms in total. The number of hydrogen-bond donors (Lipinski definition) is 2. The molecule has 2 N–H and O–H groups in total. The fourth-order valence-electron chi connectivity index (χ4n) is 2.27. The van der Waals surface area contributed by atoms with Crippen LogP contribution in [0.1, 0.15) is 25.8 Å². The number of rotatable bonds is 3. The lowest BCUT2D eigenvalue weighted by Crippen LogP contribution is -2.45. The number of amides is 3. The Kier molecular flexibility index (Phi) is 4.27. The van der Waals surface area contributed by atoms with Gasteiger partial charge in [0.25, 0.3) is 0 Å². The smallest absolute Gasteiger partial charge is 0.315 e. The van der Waals surface area contributed by atoms with E-state index in [9.17, 15) is 9.59 Å². The summed E-state index contributed by atoms with van der Waals surface area (Å²) in [7, 11) is 0. The van der Waals surface area contributed by atoms with Crippen LogP contribution in [0.3, 0.4) is 0 Å². The van der Waals surface area contributed by atoms with Gasteiger partial charge in [-0.2, -0.15) is 0 Å². The fourth-order valence-corrected chi connectivity index (χ4v) is 2.27. The highest BCUT2D eigenvalue weighted by molar-refractivity contribution is 5.96. The van der Waals surface area contributed by atoms with Gasteiger partial charge in [-0.1, -0.05) is 17.7 Å². The van der Waals surface area contributed by atoms with Crippen LogP contribution in [0.25, 0.3) is 0 Å². The van der Waals surface area contributed by atoms with Crippen molar-refractivity contribution in [3.8, 4) is 0 Å². The molecular weight excluding hydrogens is 254 g/mol. The number of hydrogen-bond acceptors (Lipinski definition) is 2. The zero-order valence-electron chi connectivity index (χ0n) is 12.1. The fraction of sp³-hybridized carbons (Fsp3) is 0.467. The third-order valence-electron chi connectivity index (χ3n) is 3.23. The molecular formula is C15H21N3O2. The summed E-state index contributed by atoms with van der Waals surface area (Å²) < 4.78 is 0. The highest BCUT2D eigenvalue weighted by Crippen LogP contribution is 2.21. The predicted molar refractivity (Wildman–Crippen MR) is 78.7 cm³/mol. The zero-order chi connectivity index (χ0) is 14.7. The van der Waals surface area contributed by atoms with E-state index >= 15 is 0 Å². The van der Waals surface area contributed by atoms with Crippen molar-refractivity contribution in [3.05, 3.63) is 29.8 Å². The maximum Gasteiger partial charge on any atom is 0.315 e. The molecule has 0 radical (unpaired) electrons. The van der Waals surface area contributed by atoms with E-state index in [1.807, 2.05) is 45.0 Å². The minimum atomic E-state index is -0.219. The molecule has 1 atom stereocenters. The lowest BCUT2D eigenvalue weighted by molar-refractivity contribution is -0.117. The molecule has 2 rings (SSSR count). The maximum absolute atomic E-state index is 12.0. The van der Waals surface area contributed by atoms with Gasteiger partial charge in [-0.25, -0.2) is 4.79 Å². The number of carbonyl (C=O) groups excluding carboxylic acids is 2. The predicted octanol–water partition coefficient (Wildman–Crippen LogP) is 1.81. The minimum absolute atomic E-state index is 0.0451. The van der Waals surface area contributed by atoms with Gasteiger partial charge >= 0.3 is 6.03 Å². The van der Waals surface area contributed by atoms with Crippen molar-refractivity contribution >= 4 is 17.6 Å². The molecule has 108 valence electrons. The van der Waals surface area contributed by atoms with Gasteiger partial charge in [0.15, 0.2) is 0 Å². The van der Waals surface area contributed by atoms with Crippen LogP contribution in [0.15, 0.2) is 24.3 Å². The summed E-state index contributed by atoms with van der Waals surface area (Å²) in [6.07, 6.45) is 0.347. The zero-order valence-corrected chi connectivity index (χ0v) is 12.1. The molecule has 3 amide bonds. The van der Waals surface area contributed by atoms with E-state index < -0.39 is 0 Å². The van der Waals surface area contributed by atoms with Gasteiger partial charge in [0, 0.05) is 24.7 Å². The van der Waals surface area contributed by atoms with Crippen molar-refractivity contribution in [2.24, 2.45) is 0 Å². The molecule has 0 bridgehead atoms. The minimum Gasteiger partial charge on any atom is -0.336 e. The first-order valence-electron chi connectivity index (χ1n) is 6.90. The average Bonchev–Trinajstić information content (AvgIpc) is 2.70. The number of carbonyl (C=O) groups is 2. The van der Waals surface area contributed by atoms with Crippen molar-refractivity contribution in [1.29, 1.82) is 0 Å². The molecule has 1 aliphatic heterocycles. The molecule has 1 aromatic rings. The Labute approximate surface area is 119 Å². The Morgan fingerprint density at radius 3 is 2.55 bits per heavy atom. The van der Waals surface area contributed by atoms with Gasteiger partial charge in [0.1, 0.15) is 0 Å². The third-order valence-corrected chi connectivity index (χ3v) is 3.23. The average molecular weight is 275 g/mol. The van der Waals surface area contributed by atoms with Gasteiger partial charge in [-0.3, -0.25) is 4.79 Å². The second-order valence-corrected chi connectivity index (χ2v) is 5.51. The quantitative estimate of drug-likeness (QED) is 0.883. The number of benzene rings is 1. The van der Waals surface area contributed by atoms with E-state index in [0.29, 0.717) is 13.0 Å². The first kappa shape index (κ1) is 14.4. The molecule has 1 aliphatic rings. The van der Waals surface area contributed by atoms with Gasteiger partial charge in [0.2, 0.25) is 5.91 Å². The second-order valence-electron chi connectivity index (χ2n) is 5.51. The van der Waals surface area contributed by atoms with Crippen molar-refractivity contribution in [1.82, 2.24) is 10.6 Å². The van der Waals surface area contributed by atoms with Crippen molar-refractivity contribution in [2.75, 3.05) is 11.4 Å². The van der Waals surface area contributed by atoms with Crippen LogP contribution in [-0.4, -0.2) is 30.6 Å². The molecule has 0 saturated carbocycles. The van der Waals surface area contributed by atoms with Gasteiger partial charge < -0.3 is 15.5 Å². The Morgan fingerprint density at radius 2 is 1.95 bits per heavy atom. The lowest BCUT2D eigenvalue weighted by atomic mass is 10.2. The number of nitrogens with zero attached hydrogens (tertiary/aromatic N) is 1. The summed E-state index contributed by atoms with van der Waals surface area (Å²) in [5, 5.41) is 5.61. The molecule has 1 fully saturated rings. The maximum atomic E-state index is 12.0. The van der Waals surface area contributed by atoms with Crippen LogP contribution < -0.4 is 15.5 Å². The summed E-state index contributed by atoms with van der Waals surface area (Å²) in [6.45, 7) is 6.33. The monoisotopic (exact) mass is 275 g/mol. The molecule has 20 heavy (non-hydrogen) atoms. The molecule has 1 aromatic carbocycles. The second kappa shape index (κ2) is 5.94. The summed E-state index contributed by atoms with van der Waals surface area (Å²) in [5.74, 6) is 0.0451. The van der Waals surface area contributed by atoms with Crippen LogP contribution in [0.5, 0.6) is 0 Å². The highest BCUT2D eigenvalue weighted by Gasteiger charge is 2.31. The van der Waals surface area contributed by atoms with E-state index in [2.05, 4.69) is 10.6 Å². The van der Waals surface area contributed by atoms with Crippen molar-refractivity contribution in [3.63, 3.8) is 0 Å². The summed E-state index contributed by atoms with van der Waals surface area (Å²) in [5.41, 5.74) is 2.04. The summed E-state index contributed by atoms with van der Waals surface area (Å²) in [4.78, 5) is 25.4. The Hall–Kier alpha value is -2.04. The summed E-state index contributed by atoms with van der Waals surface area (Å²) in [6, 6.07) is 7.56. The van der Waals surface area contributed by atoms with E-state index in [-0.39, 0.29) is 24.0 Å². The Morgan fingerprint density at radius 1 is 1.30 bits per heavy atom. The van der Waals surface area contributed by atoms with Gasteiger partial charge in [-0.05, 0) is 32.9 Å². The van der Waals surface area contributed by atoms with Crippen LogP contribution >= 0.6 is 0 Å². The molecule has 1 unspecified atom stereocenters. The molecule has 0 aliphatic carbocycles. The normalized spacial score (nSPS) is 18.5. The first-order chi connectivity index (χ1) is 9.45. The molecule has 0 spiro atoms. The van der Waals surface area contributed by atoms with Gasteiger partial charge in [-0.15, -0.1) is 0 Å². The molecule has 5 heteroatoms. The van der Waals surface area contributed by atoms with E-state index in [1.54, 1.807) is 4.90 Å². The standard InChI is InChI=1S/C15H21N3O2/c1-10(2)16-15(20)17-12-8-14(19)18(9-12)13-6-4-11(3)5-7-13/h4-7,10,12H,8-9H2,1-3H3,(H2,16,17,20). The molecule has 0 aromatic heterocycles. The SMILES string of the molecule is Cc1ccc(N2CC(NC(=O)NC(C)C)CC2=O)cc1. The first-order valence-corrected chi connectivity index (χ1v) is 6.90. The number of urea groups is 1. The van der Waals surface area contributed by atoms with Crippen molar-refractivity contribution in [2.45, 2.75) is 39.3 Å². The van der Waals surface area contributed by atoms with Crippen LogP contribution in [0.4, 0.5) is 10.5 Å². The van der Waals surface area contributed by atoms with Crippen LogP contribution in [0, 0.1) is 6.92 Å². The highest BCUT2D eigenvalue weighted by atomic mass is 16.2.